The molecule has 120 valence electrons. The molecule has 0 saturated heterocycles. The van der Waals surface area contributed by atoms with Crippen LogP contribution < -0.4 is 5.32 Å². The zero-order valence-corrected chi connectivity index (χ0v) is 13.6. The van der Waals surface area contributed by atoms with Gasteiger partial charge in [-0.05, 0) is 36.2 Å². The van der Waals surface area contributed by atoms with Crippen LogP contribution in [0.2, 0.25) is 0 Å². The molecule has 2 aromatic carbocycles. The first-order valence-electron chi connectivity index (χ1n) is 7.76. The average Bonchev–Trinajstić information content (AvgIpc) is 2.98. The Morgan fingerprint density at radius 1 is 1.26 bits per heavy atom. The van der Waals surface area contributed by atoms with Crippen LogP contribution in [0.5, 0.6) is 0 Å². The number of rotatable bonds is 2. The van der Waals surface area contributed by atoms with Crippen LogP contribution in [0.25, 0.3) is 10.8 Å². The van der Waals surface area contributed by atoms with Gasteiger partial charge in [-0.3, -0.25) is 10.3 Å². The van der Waals surface area contributed by atoms with Crippen molar-refractivity contribution < 1.29 is 9.53 Å². The Kier molecular flexibility index (Phi) is 4.19. The number of nitrogens with zero attached hydrogens (tertiary/aromatic N) is 2. The molecule has 5 heteroatoms. The number of hydrogen-bond donors (Lipinski definition) is 1. The topological polar surface area (TPSA) is 53.9 Å². The second-order valence-corrected chi connectivity index (χ2v) is 5.90. The van der Waals surface area contributed by atoms with Crippen molar-refractivity contribution in [2.45, 2.75) is 25.9 Å². The van der Waals surface area contributed by atoms with Crippen molar-refractivity contribution in [1.82, 2.24) is 10.2 Å². The number of alkyl carbamates (subject to hydrolysis) is 1. The summed E-state index contributed by atoms with van der Waals surface area (Å²) in [7, 11) is 1.35. The van der Waals surface area contributed by atoms with E-state index in [0.717, 1.165) is 0 Å². The highest BCUT2D eigenvalue weighted by atomic mass is 16.5. The van der Waals surface area contributed by atoms with Gasteiger partial charge in [-0.2, -0.15) is 0 Å². The average molecular weight is 311 g/mol. The Balaban J connectivity index is 1.90. The molecule has 5 nitrogen and oxygen atoms in total. The van der Waals surface area contributed by atoms with Crippen molar-refractivity contribution in [2.75, 3.05) is 13.7 Å². The number of amides is 1. The molecule has 0 saturated carbocycles. The second-order valence-electron chi connectivity index (χ2n) is 5.90. The number of carbonyl (C=O) groups is 1. The van der Waals surface area contributed by atoms with E-state index in [1.54, 1.807) is 0 Å². The molecule has 1 atom stereocenters. The zero-order chi connectivity index (χ0) is 16.4. The van der Waals surface area contributed by atoms with Crippen LogP contribution in [-0.4, -0.2) is 36.6 Å². The molecular weight excluding hydrogens is 290 g/mol. The molecule has 0 aromatic heterocycles. The number of ether oxygens (including phenoxy) is 1. The third kappa shape index (κ3) is 2.99. The number of fused-ring (bicyclic) bond motifs is 1. The van der Waals surface area contributed by atoms with Crippen LogP contribution in [0, 0.1) is 0 Å². The van der Waals surface area contributed by atoms with Gasteiger partial charge in [0.1, 0.15) is 0 Å². The Hall–Kier alpha value is -2.56. The minimum atomic E-state index is -0.492. The number of methoxy groups -OCH3 is 1. The first-order valence-corrected chi connectivity index (χ1v) is 7.76. The van der Waals surface area contributed by atoms with Crippen molar-refractivity contribution in [2.24, 2.45) is 4.99 Å². The fourth-order valence-electron chi connectivity index (χ4n) is 3.02. The molecule has 2 aromatic rings. The van der Waals surface area contributed by atoms with Gasteiger partial charge in [-0.1, -0.05) is 36.4 Å². The molecule has 3 rings (SSSR count). The van der Waals surface area contributed by atoms with Gasteiger partial charge < -0.3 is 9.64 Å². The smallest absolute Gasteiger partial charge is 0.413 e. The highest BCUT2D eigenvalue weighted by Gasteiger charge is 2.32. The largest absolute Gasteiger partial charge is 0.453 e. The van der Waals surface area contributed by atoms with E-state index in [1.165, 1.54) is 23.4 Å². The highest BCUT2D eigenvalue weighted by molar-refractivity contribution is 5.95. The van der Waals surface area contributed by atoms with Crippen LogP contribution in [0.3, 0.4) is 0 Å². The summed E-state index contributed by atoms with van der Waals surface area (Å²) in [6.45, 7) is 4.80. The first-order chi connectivity index (χ1) is 11.1. The second kappa shape index (κ2) is 6.28. The van der Waals surface area contributed by atoms with Crippen LogP contribution >= 0.6 is 0 Å². The van der Waals surface area contributed by atoms with Gasteiger partial charge in [0.25, 0.3) is 0 Å². The van der Waals surface area contributed by atoms with Crippen LogP contribution in [0.1, 0.15) is 25.5 Å². The van der Waals surface area contributed by atoms with Gasteiger partial charge in [-0.15, -0.1) is 0 Å². The molecule has 1 aliphatic rings. The molecule has 1 unspecified atom stereocenters. The quantitative estimate of drug-likeness (QED) is 0.925. The molecular formula is C18H21N3O2. The fourth-order valence-corrected chi connectivity index (χ4v) is 3.02. The number of nitrogens with one attached hydrogen (secondary N) is 1. The summed E-state index contributed by atoms with van der Waals surface area (Å²) in [5, 5.41) is 5.14. The van der Waals surface area contributed by atoms with E-state index in [-0.39, 0.29) is 12.1 Å². The lowest BCUT2D eigenvalue weighted by atomic mass is 10.0. The highest BCUT2D eigenvalue weighted by Crippen LogP contribution is 2.30. The summed E-state index contributed by atoms with van der Waals surface area (Å²) in [6.07, 6.45) is -0.492. The van der Waals surface area contributed by atoms with Crippen molar-refractivity contribution in [1.29, 1.82) is 0 Å². The SMILES string of the molecule is COC(=O)NC1=NCC(c2ccc3ccccc3c2)N1C(C)C. The van der Waals surface area contributed by atoms with Crippen LogP contribution in [0.4, 0.5) is 4.79 Å². The zero-order valence-electron chi connectivity index (χ0n) is 13.6. The maximum absolute atomic E-state index is 11.5. The standard InChI is InChI=1S/C18H21N3O2/c1-12(2)21-16(11-19-17(21)20-18(22)23-3)15-9-8-13-6-4-5-7-14(13)10-15/h4-10,12,16H,11H2,1-3H3,(H,19,20,22). The lowest BCUT2D eigenvalue weighted by Crippen LogP contribution is -2.46. The van der Waals surface area contributed by atoms with E-state index in [2.05, 4.69) is 64.1 Å². The molecule has 1 N–H and O–H groups in total. The summed E-state index contributed by atoms with van der Waals surface area (Å²) in [5.41, 5.74) is 1.20. The van der Waals surface area contributed by atoms with Crippen LogP contribution in [-0.2, 0) is 4.74 Å². The molecule has 1 amide bonds. The molecule has 0 aliphatic carbocycles. The Morgan fingerprint density at radius 3 is 2.70 bits per heavy atom. The summed E-state index contributed by atoms with van der Waals surface area (Å²) in [4.78, 5) is 18.1. The minimum Gasteiger partial charge on any atom is -0.453 e. The predicted molar refractivity (Wildman–Crippen MR) is 91.5 cm³/mol. The minimum absolute atomic E-state index is 0.117. The monoisotopic (exact) mass is 311 g/mol. The molecule has 0 bridgehead atoms. The number of benzene rings is 2. The summed E-state index contributed by atoms with van der Waals surface area (Å²) in [6, 6.07) is 15.1. The van der Waals surface area contributed by atoms with E-state index in [4.69, 9.17) is 0 Å². The van der Waals surface area contributed by atoms with Gasteiger partial charge in [-0.25, -0.2) is 4.79 Å². The molecule has 23 heavy (non-hydrogen) atoms. The molecule has 0 spiro atoms. The van der Waals surface area contributed by atoms with Gasteiger partial charge in [0.2, 0.25) is 5.96 Å². The molecule has 1 aliphatic heterocycles. The number of carbonyl (C=O) groups excluding carboxylic acids is 1. The summed E-state index contributed by atoms with van der Waals surface area (Å²) >= 11 is 0. The van der Waals surface area contributed by atoms with E-state index in [9.17, 15) is 4.79 Å². The molecule has 1 heterocycles. The number of aliphatic imine (C=N–C) groups is 1. The third-order valence-corrected chi connectivity index (χ3v) is 4.11. The van der Waals surface area contributed by atoms with Gasteiger partial charge >= 0.3 is 6.09 Å². The van der Waals surface area contributed by atoms with Crippen molar-refractivity contribution in [3.8, 4) is 0 Å². The van der Waals surface area contributed by atoms with Crippen LogP contribution in [0.15, 0.2) is 47.5 Å². The molecule has 0 fully saturated rings. The summed E-state index contributed by atoms with van der Waals surface area (Å²) < 4.78 is 4.68. The lowest BCUT2D eigenvalue weighted by molar-refractivity contribution is 0.174. The number of guanidine groups is 1. The lowest BCUT2D eigenvalue weighted by Gasteiger charge is -2.31. The number of hydrogen-bond acceptors (Lipinski definition) is 4. The Bertz CT molecular complexity index is 755. The normalized spacial score (nSPS) is 17.5. The van der Waals surface area contributed by atoms with Crippen molar-refractivity contribution in [3.05, 3.63) is 48.0 Å². The molecule has 0 radical (unpaired) electrons. The van der Waals surface area contributed by atoms with Crippen molar-refractivity contribution in [3.63, 3.8) is 0 Å². The Morgan fingerprint density at radius 2 is 2.00 bits per heavy atom. The Labute approximate surface area is 136 Å². The van der Waals surface area contributed by atoms with E-state index >= 15 is 0 Å². The van der Waals surface area contributed by atoms with Gasteiger partial charge in [0, 0.05) is 6.04 Å². The summed E-state index contributed by atoms with van der Waals surface area (Å²) in [5.74, 6) is 0.574. The predicted octanol–water partition coefficient (Wildman–Crippen LogP) is 3.32. The maximum Gasteiger partial charge on any atom is 0.413 e. The third-order valence-electron chi connectivity index (χ3n) is 4.11. The van der Waals surface area contributed by atoms with Crippen molar-refractivity contribution >= 4 is 22.8 Å². The van der Waals surface area contributed by atoms with E-state index < -0.39 is 6.09 Å². The van der Waals surface area contributed by atoms with E-state index in [1.807, 2.05) is 12.1 Å². The maximum atomic E-state index is 11.5. The van der Waals surface area contributed by atoms with E-state index in [0.29, 0.717) is 12.5 Å². The van der Waals surface area contributed by atoms with Gasteiger partial charge in [0.05, 0.1) is 19.7 Å². The van der Waals surface area contributed by atoms with Gasteiger partial charge in [0.15, 0.2) is 0 Å². The first kappa shape index (κ1) is 15.3. The fraction of sp³-hybridized carbons (Fsp3) is 0.333.